The second-order valence-electron chi connectivity index (χ2n) is 2.05. The molecule has 1 rings (SSSR count). The fourth-order valence-electron chi connectivity index (χ4n) is 0.722. The summed E-state index contributed by atoms with van der Waals surface area (Å²) < 4.78 is 0. The van der Waals surface area contributed by atoms with E-state index < -0.39 is 0 Å². The van der Waals surface area contributed by atoms with Gasteiger partial charge in [0.15, 0.2) is 0 Å². The monoisotopic (exact) mass is 144 g/mol. The van der Waals surface area contributed by atoms with Gasteiger partial charge in [0.2, 0.25) is 0 Å². The molecule has 0 amide bonds. The van der Waals surface area contributed by atoms with Crippen LogP contribution in [0.25, 0.3) is 6.08 Å². The molecule has 0 bridgehead atoms. The second kappa shape index (κ2) is 4.24. The number of nitriles is 1. The van der Waals surface area contributed by atoms with Gasteiger partial charge in [-0.2, -0.15) is 5.26 Å². The number of pyridine rings is 1. The lowest BCUT2D eigenvalue weighted by Crippen LogP contribution is -1.71. The van der Waals surface area contributed by atoms with Gasteiger partial charge in [-0.25, -0.2) is 0 Å². The molecule has 54 valence electrons. The number of aromatic nitrogens is 1. The van der Waals surface area contributed by atoms with Crippen LogP contribution in [0.1, 0.15) is 12.0 Å². The summed E-state index contributed by atoms with van der Waals surface area (Å²) in [4.78, 5) is 3.87. The molecule has 0 saturated carbocycles. The molecule has 0 atom stereocenters. The smallest absolute Gasteiger partial charge is 0.0663 e. The van der Waals surface area contributed by atoms with Crippen LogP contribution in [0.4, 0.5) is 0 Å². The van der Waals surface area contributed by atoms with Gasteiger partial charge in [-0.05, 0) is 17.7 Å². The first-order chi connectivity index (χ1) is 5.43. The van der Waals surface area contributed by atoms with Crippen molar-refractivity contribution in [2.75, 3.05) is 0 Å². The number of nitrogens with zero attached hydrogens (tertiary/aromatic N) is 2. The van der Waals surface area contributed by atoms with Gasteiger partial charge in [0, 0.05) is 12.4 Å². The van der Waals surface area contributed by atoms with Crippen molar-refractivity contribution in [3.63, 3.8) is 0 Å². The molecule has 0 radical (unpaired) electrons. The standard InChI is InChI=1S/C9H8N2/c10-6-2-1-3-9-4-7-11-8-5-9/h1,3-5,7-8H,2H2/b3-1+. The molecule has 2 nitrogen and oxygen atoms in total. The summed E-state index contributed by atoms with van der Waals surface area (Å²) in [5.41, 5.74) is 1.08. The van der Waals surface area contributed by atoms with Crippen molar-refractivity contribution in [3.05, 3.63) is 36.2 Å². The van der Waals surface area contributed by atoms with E-state index in [1.54, 1.807) is 12.4 Å². The fourth-order valence-corrected chi connectivity index (χ4v) is 0.722. The highest BCUT2D eigenvalue weighted by Gasteiger charge is 1.80. The van der Waals surface area contributed by atoms with Crippen molar-refractivity contribution in [1.82, 2.24) is 4.98 Å². The zero-order chi connectivity index (χ0) is 7.94. The first-order valence-electron chi connectivity index (χ1n) is 3.37. The molecule has 1 heterocycles. The highest BCUT2D eigenvalue weighted by molar-refractivity contribution is 5.48. The Hall–Kier alpha value is -1.62. The van der Waals surface area contributed by atoms with E-state index in [0.29, 0.717) is 6.42 Å². The molecule has 0 unspecified atom stereocenters. The molecule has 0 aliphatic carbocycles. The maximum absolute atomic E-state index is 8.23. The summed E-state index contributed by atoms with van der Waals surface area (Å²) in [7, 11) is 0. The van der Waals surface area contributed by atoms with Crippen molar-refractivity contribution in [2.45, 2.75) is 6.42 Å². The summed E-state index contributed by atoms with van der Waals surface area (Å²) in [6.07, 6.45) is 7.65. The van der Waals surface area contributed by atoms with Crippen molar-refractivity contribution >= 4 is 6.08 Å². The number of allylic oxidation sites excluding steroid dienone is 1. The van der Waals surface area contributed by atoms with E-state index in [1.165, 1.54) is 0 Å². The van der Waals surface area contributed by atoms with Crippen LogP contribution in [0.3, 0.4) is 0 Å². The summed E-state index contributed by atoms with van der Waals surface area (Å²) in [5, 5.41) is 8.23. The minimum atomic E-state index is 0.461. The summed E-state index contributed by atoms with van der Waals surface area (Å²) >= 11 is 0. The van der Waals surface area contributed by atoms with Crippen LogP contribution < -0.4 is 0 Å². The summed E-state index contributed by atoms with van der Waals surface area (Å²) in [6.45, 7) is 0. The van der Waals surface area contributed by atoms with Crippen LogP contribution in [-0.2, 0) is 0 Å². The molecule has 1 aromatic heterocycles. The van der Waals surface area contributed by atoms with Gasteiger partial charge in [0.25, 0.3) is 0 Å². The van der Waals surface area contributed by atoms with E-state index >= 15 is 0 Å². The van der Waals surface area contributed by atoms with Gasteiger partial charge in [0.1, 0.15) is 0 Å². The zero-order valence-corrected chi connectivity index (χ0v) is 6.07. The third-order valence-corrected chi connectivity index (χ3v) is 1.23. The molecule has 0 fully saturated rings. The Morgan fingerprint density at radius 3 is 2.82 bits per heavy atom. The minimum absolute atomic E-state index is 0.461. The van der Waals surface area contributed by atoms with E-state index in [4.69, 9.17) is 5.26 Å². The van der Waals surface area contributed by atoms with Crippen molar-refractivity contribution in [1.29, 1.82) is 5.26 Å². The quantitative estimate of drug-likeness (QED) is 0.636. The van der Waals surface area contributed by atoms with Gasteiger partial charge in [0.05, 0.1) is 12.5 Å². The van der Waals surface area contributed by atoms with Gasteiger partial charge < -0.3 is 0 Å². The topological polar surface area (TPSA) is 36.7 Å². The first-order valence-corrected chi connectivity index (χ1v) is 3.37. The average Bonchev–Trinajstić information content (AvgIpc) is 2.07. The molecule has 0 aliphatic heterocycles. The highest BCUT2D eigenvalue weighted by Crippen LogP contribution is 1.99. The van der Waals surface area contributed by atoms with Crippen molar-refractivity contribution < 1.29 is 0 Å². The minimum Gasteiger partial charge on any atom is -0.265 e. The van der Waals surface area contributed by atoms with Crippen LogP contribution in [0, 0.1) is 11.3 Å². The van der Waals surface area contributed by atoms with E-state index in [1.807, 2.05) is 30.4 Å². The Morgan fingerprint density at radius 1 is 1.45 bits per heavy atom. The SMILES string of the molecule is N#CC/C=C/c1ccncc1. The van der Waals surface area contributed by atoms with Crippen LogP contribution in [0.15, 0.2) is 30.6 Å². The van der Waals surface area contributed by atoms with Crippen LogP contribution in [0.2, 0.25) is 0 Å². The summed E-state index contributed by atoms with van der Waals surface area (Å²) in [5.74, 6) is 0. The van der Waals surface area contributed by atoms with Gasteiger partial charge in [-0.1, -0.05) is 12.2 Å². The number of rotatable bonds is 2. The van der Waals surface area contributed by atoms with Gasteiger partial charge >= 0.3 is 0 Å². The molecule has 0 N–H and O–H groups in total. The van der Waals surface area contributed by atoms with Crippen LogP contribution >= 0.6 is 0 Å². The Balaban J connectivity index is 2.59. The Morgan fingerprint density at radius 2 is 2.18 bits per heavy atom. The van der Waals surface area contributed by atoms with Gasteiger partial charge in [-0.15, -0.1) is 0 Å². The Labute approximate surface area is 65.8 Å². The molecule has 0 saturated heterocycles. The third-order valence-electron chi connectivity index (χ3n) is 1.23. The van der Waals surface area contributed by atoms with E-state index in [2.05, 4.69) is 4.98 Å². The third kappa shape index (κ3) is 2.63. The zero-order valence-electron chi connectivity index (χ0n) is 6.07. The van der Waals surface area contributed by atoms with E-state index in [9.17, 15) is 0 Å². The molecular weight excluding hydrogens is 136 g/mol. The lowest BCUT2D eigenvalue weighted by atomic mass is 10.2. The van der Waals surface area contributed by atoms with E-state index in [0.717, 1.165) is 5.56 Å². The molecule has 2 heteroatoms. The summed E-state index contributed by atoms with van der Waals surface area (Å²) in [6, 6.07) is 5.83. The Kier molecular flexibility index (Phi) is 2.88. The average molecular weight is 144 g/mol. The Bertz CT molecular complexity index is 269. The lowest BCUT2D eigenvalue weighted by Gasteiger charge is -1.87. The molecular formula is C9H8N2. The maximum atomic E-state index is 8.23. The predicted molar refractivity (Wildman–Crippen MR) is 43.5 cm³/mol. The van der Waals surface area contributed by atoms with E-state index in [-0.39, 0.29) is 0 Å². The maximum Gasteiger partial charge on any atom is 0.0663 e. The fraction of sp³-hybridized carbons (Fsp3) is 0.111. The molecule has 0 aromatic carbocycles. The lowest BCUT2D eigenvalue weighted by molar-refractivity contribution is 1.32. The van der Waals surface area contributed by atoms with Crippen molar-refractivity contribution in [3.8, 4) is 6.07 Å². The van der Waals surface area contributed by atoms with Gasteiger partial charge in [-0.3, -0.25) is 4.98 Å². The number of hydrogen-bond acceptors (Lipinski definition) is 2. The van der Waals surface area contributed by atoms with Crippen LogP contribution in [0.5, 0.6) is 0 Å². The highest BCUT2D eigenvalue weighted by atomic mass is 14.6. The second-order valence-corrected chi connectivity index (χ2v) is 2.05. The largest absolute Gasteiger partial charge is 0.265 e. The molecule has 0 aliphatic rings. The number of hydrogen-bond donors (Lipinski definition) is 0. The first kappa shape index (κ1) is 7.49. The molecule has 11 heavy (non-hydrogen) atoms. The molecule has 0 spiro atoms. The normalized spacial score (nSPS) is 9.73. The van der Waals surface area contributed by atoms with Crippen molar-refractivity contribution in [2.24, 2.45) is 0 Å². The van der Waals surface area contributed by atoms with Crippen LogP contribution in [-0.4, -0.2) is 4.98 Å². The molecule has 1 aromatic rings. The predicted octanol–water partition coefficient (Wildman–Crippen LogP) is 2.01.